The molecule has 0 radical (unpaired) electrons. The van der Waals surface area contributed by atoms with Crippen LogP contribution >= 0.6 is 11.6 Å². The highest BCUT2D eigenvalue weighted by molar-refractivity contribution is 7.89. The molecule has 0 amide bonds. The Morgan fingerprint density at radius 3 is 2.63 bits per heavy atom. The van der Waals surface area contributed by atoms with E-state index in [0.29, 0.717) is 0 Å². The molecule has 0 unspecified atom stereocenters. The number of halogens is 1. The van der Waals surface area contributed by atoms with Gasteiger partial charge in [-0.3, -0.25) is 0 Å². The van der Waals surface area contributed by atoms with Crippen LogP contribution in [0.4, 0.5) is 0 Å². The van der Waals surface area contributed by atoms with Crippen LogP contribution in [0.25, 0.3) is 0 Å². The molecule has 2 atom stereocenters. The molecule has 1 fully saturated rings. The van der Waals surface area contributed by atoms with Gasteiger partial charge in [0.2, 0.25) is 10.0 Å². The van der Waals surface area contributed by atoms with Crippen molar-refractivity contribution in [1.29, 1.82) is 0 Å². The summed E-state index contributed by atoms with van der Waals surface area (Å²) in [6, 6.07) is 6.17. The van der Waals surface area contributed by atoms with Crippen molar-refractivity contribution in [3.8, 4) is 0 Å². The number of aliphatic hydroxyl groups excluding tert-OH is 1. The molecule has 19 heavy (non-hydrogen) atoms. The highest BCUT2D eigenvalue weighted by Crippen LogP contribution is 2.27. The normalized spacial score (nSPS) is 24.3. The maximum absolute atomic E-state index is 12.3. The molecule has 2 rings (SSSR count). The van der Waals surface area contributed by atoms with Crippen molar-refractivity contribution >= 4 is 21.6 Å². The summed E-state index contributed by atoms with van der Waals surface area (Å²) in [4.78, 5) is 0.0962. The first kappa shape index (κ1) is 14.8. The van der Waals surface area contributed by atoms with E-state index in [2.05, 4.69) is 4.72 Å². The summed E-state index contributed by atoms with van der Waals surface area (Å²) in [5, 5.41) is 9.54. The fraction of sp³-hybridized carbons (Fsp3) is 0.538. The summed E-state index contributed by atoms with van der Waals surface area (Å²) < 4.78 is 27.3. The highest BCUT2D eigenvalue weighted by Gasteiger charge is 2.29. The fourth-order valence-electron chi connectivity index (χ4n) is 2.51. The number of sulfonamides is 1. The quantitative estimate of drug-likeness (QED) is 0.896. The summed E-state index contributed by atoms with van der Waals surface area (Å²) in [7, 11) is -3.63. The number of nitrogens with one attached hydrogen (secondary N) is 1. The van der Waals surface area contributed by atoms with Gasteiger partial charge in [-0.1, -0.05) is 36.6 Å². The van der Waals surface area contributed by atoms with Crippen molar-refractivity contribution in [3.63, 3.8) is 0 Å². The van der Waals surface area contributed by atoms with Gasteiger partial charge in [-0.15, -0.1) is 0 Å². The van der Waals surface area contributed by atoms with Gasteiger partial charge in [0.25, 0.3) is 0 Å². The van der Waals surface area contributed by atoms with E-state index in [9.17, 15) is 13.5 Å². The molecule has 0 spiro atoms. The lowest BCUT2D eigenvalue weighted by molar-refractivity contribution is 0.164. The van der Waals surface area contributed by atoms with Crippen LogP contribution in [0.5, 0.6) is 0 Å². The zero-order chi connectivity index (χ0) is 13.9. The molecule has 0 heterocycles. The van der Waals surface area contributed by atoms with E-state index in [4.69, 9.17) is 11.6 Å². The van der Waals surface area contributed by atoms with Crippen molar-refractivity contribution in [2.75, 3.05) is 6.61 Å². The summed E-state index contributed by atoms with van der Waals surface area (Å²) in [5.41, 5.74) is 0. The van der Waals surface area contributed by atoms with Crippen molar-refractivity contribution in [1.82, 2.24) is 4.72 Å². The Bertz CT molecular complexity index is 532. The van der Waals surface area contributed by atoms with E-state index in [1.165, 1.54) is 6.07 Å². The van der Waals surface area contributed by atoms with Crippen LogP contribution in [0.1, 0.15) is 25.7 Å². The van der Waals surface area contributed by atoms with Crippen molar-refractivity contribution in [2.45, 2.75) is 36.6 Å². The van der Waals surface area contributed by atoms with E-state index >= 15 is 0 Å². The van der Waals surface area contributed by atoms with Gasteiger partial charge >= 0.3 is 0 Å². The third-order valence-corrected chi connectivity index (χ3v) is 5.57. The van der Waals surface area contributed by atoms with Crippen LogP contribution in [0.2, 0.25) is 5.02 Å². The third kappa shape index (κ3) is 3.48. The lowest BCUT2D eigenvalue weighted by atomic mass is 9.86. The Hall–Kier alpha value is -0.620. The second-order valence-electron chi connectivity index (χ2n) is 4.89. The first-order valence-electron chi connectivity index (χ1n) is 6.42. The molecule has 1 aliphatic carbocycles. The maximum atomic E-state index is 12.3. The average Bonchev–Trinajstić information content (AvgIpc) is 2.39. The summed E-state index contributed by atoms with van der Waals surface area (Å²) in [6.07, 6.45) is 3.63. The second-order valence-corrected chi connectivity index (χ2v) is 6.97. The smallest absolute Gasteiger partial charge is 0.242 e. The monoisotopic (exact) mass is 303 g/mol. The summed E-state index contributed by atoms with van der Waals surface area (Å²) in [5.74, 6) is -0.00832. The average molecular weight is 304 g/mol. The lowest BCUT2D eigenvalue weighted by Gasteiger charge is -2.30. The molecule has 4 nitrogen and oxygen atoms in total. The van der Waals surface area contributed by atoms with Crippen molar-refractivity contribution < 1.29 is 13.5 Å². The van der Waals surface area contributed by atoms with Crippen LogP contribution in [0.3, 0.4) is 0 Å². The van der Waals surface area contributed by atoms with Gasteiger partial charge in [-0.25, -0.2) is 13.1 Å². The molecule has 1 aromatic carbocycles. The van der Waals surface area contributed by atoms with Crippen molar-refractivity contribution in [3.05, 3.63) is 29.3 Å². The Kier molecular flexibility index (Phi) is 4.84. The zero-order valence-corrected chi connectivity index (χ0v) is 12.1. The van der Waals surface area contributed by atoms with Gasteiger partial charge in [0.1, 0.15) is 4.90 Å². The SMILES string of the molecule is O=S(=O)(N[C@@H]1CCCC[C@H]1CO)c1ccccc1Cl. The van der Waals surface area contributed by atoms with Gasteiger partial charge in [0.05, 0.1) is 5.02 Å². The predicted octanol–water partition coefficient (Wildman–Crippen LogP) is 2.17. The first-order valence-corrected chi connectivity index (χ1v) is 8.28. The Balaban J connectivity index is 2.19. The zero-order valence-electron chi connectivity index (χ0n) is 10.5. The van der Waals surface area contributed by atoms with Crippen LogP contribution in [0.15, 0.2) is 29.2 Å². The molecule has 1 aliphatic rings. The number of aliphatic hydroxyl groups is 1. The molecule has 0 saturated heterocycles. The van der Waals surface area contributed by atoms with E-state index in [1.54, 1.807) is 18.2 Å². The molecule has 106 valence electrons. The molecule has 0 aliphatic heterocycles. The van der Waals surface area contributed by atoms with Gasteiger partial charge in [0.15, 0.2) is 0 Å². The van der Waals surface area contributed by atoms with Crippen LogP contribution < -0.4 is 4.72 Å². The Labute approximate surface area is 118 Å². The second kappa shape index (κ2) is 6.22. The predicted molar refractivity (Wildman–Crippen MR) is 74.6 cm³/mol. The van der Waals surface area contributed by atoms with Gasteiger partial charge in [0, 0.05) is 12.6 Å². The standard InChI is InChI=1S/C13H18ClNO3S/c14-11-6-2-4-8-13(11)19(17,18)15-12-7-3-1-5-10(12)9-16/h2,4,6,8,10,12,15-16H,1,3,5,7,9H2/t10-,12+/m0/s1. The molecular formula is C13H18ClNO3S. The van der Waals surface area contributed by atoms with Crippen LogP contribution in [0, 0.1) is 5.92 Å². The van der Waals surface area contributed by atoms with Crippen LogP contribution in [-0.4, -0.2) is 26.2 Å². The third-order valence-electron chi connectivity index (χ3n) is 3.58. The fourth-order valence-corrected chi connectivity index (χ4v) is 4.37. The Morgan fingerprint density at radius 2 is 1.95 bits per heavy atom. The number of hydrogen-bond acceptors (Lipinski definition) is 3. The van der Waals surface area contributed by atoms with Gasteiger partial charge < -0.3 is 5.11 Å². The maximum Gasteiger partial charge on any atom is 0.242 e. The summed E-state index contributed by atoms with van der Waals surface area (Å²) in [6.45, 7) is 0.00963. The molecule has 2 N–H and O–H groups in total. The number of benzene rings is 1. The van der Waals surface area contributed by atoms with E-state index in [-0.39, 0.29) is 28.5 Å². The number of rotatable bonds is 4. The first-order chi connectivity index (χ1) is 9.04. The molecule has 0 bridgehead atoms. The minimum absolute atomic E-state index is 0.00832. The molecular weight excluding hydrogens is 286 g/mol. The van der Waals surface area contributed by atoms with Crippen LogP contribution in [-0.2, 0) is 10.0 Å². The minimum Gasteiger partial charge on any atom is -0.396 e. The lowest BCUT2D eigenvalue weighted by Crippen LogP contribution is -2.43. The number of hydrogen-bond donors (Lipinski definition) is 2. The molecule has 1 aromatic rings. The molecule has 0 aromatic heterocycles. The minimum atomic E-state index is -3.63. The topological polar surface area (TPSA) is 66.4 Å². The summed E-state index contributed by atoms with van der Waals surface area (Å²) >= 11 is 5.93. The van der Waals surface area contributed by atoms with Gasteiger partial charge in [-0.2, -0.15) is 0 Å². The van der Waals surface area contributed by atoms with Gasteiger partial charge in [-0.05, 0) is 30.9 Å². The largest absolute Gasteiger partial charge is 0.396 e. The van der Waals surface area contributed by atoms with E-state index in [0.717, 1.165) is 25.7 Å². The highest BCUT2D eigenvalue weighted by atomic mass is 35.5. The molecule has 6 heteroatoms. The van der Waals surface area contributed by atoms with Crippen molar-refractivity contribution in [2.24, 2.45) is 5.92 Å². The molecule has 1 saturated carbocycles. The van der Waals surface area contributed by atoms with E-state index in [1.807, 2.05) is 0 Å². The van der Waals surface area contributed by atoms with E-state index < -0.39 is 10.0 Å². The Morgan fingerprint density at radius 1 is 1.26 bits per heavy atom.